The van der Waals surface area contributed by atoms with Crippen LogP contribution < -0.4 is 10.9 Å². The number of nitrogens with one attached hydrogen (secondary N) is 2. The fraction of sp³-hybridized carbons (Fsp3) is 0.364. The Labute approximate surface area is 178 Å². The average Bonchev–Trinajstić information content (AvgIpc) is 3.35. The van der Waals surface area contributed by atoms with Gasteiger partial charge in [-0.2, -0.15) is 4.98 Å². The molecular weight excluding hydrogens is 400 g/mol. The van der Waals surface area contributed by atoms with Crippen LogP contribution in [-0.4, -0.2) is 22.0 Å². The lowest BCUT2D eigenvalue weighted by Gasteiger charge is -2.05. The summed E-state index contributed by atoms with van der Waals surface area (Å²) in [7, 11) is 0. The van der Waals surface area contributed by atoms with Gasteiger partial charge < -0.3 is 4.52 Å². The molecule has 1 aromatic carbocycles. The maximum absolute atomic E-state index is 12.3. The molecule has 4 rings (SSSR count). The monoisotopic (exact) mass is 424 g/mol. The van der Waals surface area contributed by atoms with E-state index in [1.165, 1.54) is 41.0 Å². The number of hydrogen-bond donors (Lipinski definition) is 2. The third kappa shape index (κ3) is 5.13. The van der Waals surface area contributed by atoms with Gasteiger partial charge >= 0.3 is 0 Å². The average molecular weight is 425 g/mol. The number of fused-ring (bicyclic) bond motifs is 1. The lowest BCUT2D eigenvalue weighted by molar-refractivity contribution is -0.121. The second kappa shape index (κ2) is 9.67. The molecule has 2 heterocycles. The molecule has 7 nitrogen and oxygen atoms in total. The third-order valence-corrected chi connectivity index (χ3v) is 6.32. The first-order chi connectivity index (χ1) is 14.7. The fourth-order valence-corrected chi connectivity index (χ4v) is 4.64. The standard InChI is InChI=1S/C22H24N4O3S/c27-19(12-7-13-20-23-21(26-29-20)15-8-3-1-4-9-15)24-25-22(28)18-14-16-10-5-2-6-11-17(16)30-18/h1,3-4,8-9,14H,2,5-7,10-13H2,(H,24,27)(H,25,28). The van der Waals surface area contributed by atoms with Gasteiger partial charge in [0, 0.05) is 23.3 Å². The highest BCUT2D eigenvalue weighted by Crippen LogP contribution is 2.28. The minimum absolute atomic E-state index is 0.246. The van der Waals surface area contributed by atoms with Gasteiger partial charge in [-0.25, -0.2) is 0 Å². The lowest BCUT2D eigenvalue weighted by Crippen LogP contribution is -2.41. The van der Waals surface area contributed by atoms with E-state index in [0.29, 0.717) is 29.4 Å². The Morgan fingerprint density at radius 1 is 1.07 bits per heavy atom. The van der Waals surface area contributed by atoms with Crippen LogP contribution in [0.3, 0.4) is 0 Å². The summed E-state index contributed by atoms with van der Waals surface area (Å²) in [6.45, 7) is 0. The second-order valence-electron chi connectivity index (χ2n) is 7.35. The van der Waals surface area contributed by atoms with Crippen LogP contribution in [0.5, 0.6) is 0 Å². The van der Waals surface area contributed by atoms with Crippen LogP contribution in [0.15, 0.2) is 40.9 Å². The Balaban J connectivity index is 1.20. The Morgan fingerprint density at radius 3 is 2.77 bits per heavy atom. The minimum Gasteiger partial charge on any atom is -0.339 e. The van der Waals surface area contributed by atoms with Crippen molar-refractivity contribution < 1.29 is 14.1 Å². The van der Waals surface area contributed by atoms with Gasteiger partial charge in [0.05, 0.1) is 4.88 Å². The maximum atomic E-state index is 12.3. The molecule has 30 heavy (non-hydrogen) atoms. The van der Waals surface area contributed by atoms with E-state index in [0.717, 1.165) is 18.4 Å². The van der Waals surface area contributed by atoms with E-state index < -0.39 is 0 Å². The number of thiophene rings is 1. The van der Waals surface area contributed by atoms with Gasteiger partial charge in [-0.15, -0.1) is 11.3 Å². The minimum atomic E-state index is -0.258. The Kier molecular flexibility index (Phi) is 6.53. The summed E-state index contributed by atoms with van der Waals surface area (Å²) in [6, 6.07) is 11.5. The largest absolute Gasteiger partial charge is 0.339 e. The zero-order valence-corrected chi connectivity index (χ0v) is 17.5. The quantitative estimate of drug-likeness (QED) is 0.463. The number of amides is 2. The molecule has 0 bridgehead atoms. The van der Waals surface area contributed by atoms with E-state index in [2.05, 4.69) is 21.0 Å². The zero-order chi connectivity index (χ0) is 20.8. The summed E-state index contributed by atoms with van der Waals surface area (Å²) in [5, 5.41) is 3.97. The molecule has 0 fully saturated rings. The highest BCUT2D eigenvalue weighted by Gasteiger charge is 2.17. The number of rotatable bonds is 6. The lowest BCUT2D eigenvalue weighted by atomic mass is 10.1. The molecule has 3 aromatic rings. The zero-order valence-electron chi connectivity index (χ0n) is 16.6. The predicted octanol–water partition coefficient (Wildman–Crippen LogP) is 3.85. The highest BCUT2D eigenvalue weighted by molar-refractivity contribution is 7.14. The van der Waals surface area contributed by atoms with Gasteiger partial charge in [0.1, 0.15) is 0 Å². The van der Waals surface area contributed by atoms with Crippen molar-refractivity contribution in [3.8, 4) is 11.4 Å². The van der Waals surface area contributed by atoms with Crippen LogP contribution in [0.2, 0.25) is 0 Å². The summed E-state index contributed by atoms with van der Waals surface area (Å²) in [5.74, 6) is 0.525. The van der Waals surface area contributed by atoms with Crippen molar-refractivity contribution in [3.63, 3.8) is 0 Å². The number of carbonyl (C=O) groups excluding carboxylic acids is 2. The van der Waals surface area contributed by atoms with Gasteiger partial charge in [0.2, 0.25) is 17.6 Å². The van der Waals surface area contributed by atoms with Crippen molar-refractivity contribution >= 4 is 23.2 Å². The van der Waals surface area contributed by atoms with Crippen molar-refractivity contribution in [2.24, 2.45) is 0 Å². The number of nitrogens with zero attached hydrogens (tertiary/aromatic N) is 2. The first-order valence-corrected chi connectivity index (χ1v) is 11.1. The van der Waals surface area contributed by atoms with E-state index in [4.69, 9.17) is 4.52 Å². The van der Waals surface area contributed by atoms with Crippen molar-refractivity contribution in [3.05, 3.63) is 57.6 Å². The van der Waals surface area contributed by atoms with Gasteiger partial charge in [0.25, 0.3) is 5.91 Å². The Hall–Kier alpha value is -3.00. The predicted molar refractivity (Wildman–Crippen MR) is 114 cm³/mol. The first-order valence-electron chi connectivity index (χ1n) is 10.3. The molecule has 156 valence electrons. The van der Waals surface area contributed by atoms with E-state index >= 15 is 0 Å². The molecule has 1 aliphatic rings. The van der Waals surface area contributed by atoms with Crippen molar-refractivity contribution in [2.45, 2.75) is 51.4 Å². The molecule has 8 heteroatoms. The summed E-state index contributed by atoms with van der Waals surface area (Å²) < 4.78 is 5.24. The van der Waals surface area contributed by atoms with Crippen LogP contribution in [0, 0.1) is 0 Å². The summed E-state index contributed by atoms with van der Waals surface area (Å²) in [6.07, 6.45) is 6.98. The van der Waals surface area contributed by atoms with E-state index in [9.17, 15) is 9.59 Å². The van der Waals surface area contributed by atoms with Gasteiger partial charge in [-0.1, -0.05) is 41.9 Å². The van der Waals surface area contributed by atoms with Crippen LogP contribution in [0.1, 0.15) is 58.1 Å². The molecule has 0 spiro atoms. The molecule has 2 amide bonds. The molecule has 0 radical (unpaired) electrons. The van der Waals surface area contributed by atoms with E-state index in [-0.39, 0.29) is 18.2 Å². The fourth-order valence-electron chi connectivity index (χ4n) is 3.49. The molecule has 0 saturated heterocycles. The molecule has 2 aromatic heterocycles. The molecule has 0 saturated carbocycles. The van der Waals surface area contributed by atoms with Crippen molar-refractivity contribution in [1.82, 2.24) is 21.0 Å². The Bertz CT molecular complexity index is 989. The van der Waals surface area contributed by atoms with E-state index in [1.54, 1.807) is 0 Å². The number of aromatic nitrogens is 2. The SMILES string of the molecule is O=C(CCCc1nc(-c2ccccc2)no1)NNC(=O)c1cc2c(s1)CCCCC2. The maximum Gasteiger partial charge on any atom is 0.279 e. The number of hydrazine groups is 1. The number of hydrogen-bond acceptors (Lipinski definition) is 6. The van der Waals surface area contributed by atoms with Crippen LogP contribution in [0.4, 0.5) is 0 Å². The second-order valence-corrected chi connectivity index (χ2v) is 8.49. The van der Waals surface area contributed by atoms with Gasteiger partial charge in [-0.3, -0.25) is 20.4 Å². The highest BCUT2D eigenvalue weighted by atomic mass is 32.1. The van der Waals surface area contributed by atoms with Gasteiger partial charge in [-0.05, 0) is 43.7 Å². The number of carbonyl (C=O) groups is 2. The molecule has 1 aliphatic carbocycles. The molecule has 0 atom stereocenters. The summed E-state index contributed by atoms with van der Waals surface area (Å²) in [5.41, 5.74) is 7.18. The van der Waals surface area contributed by atoms with E-state index in [1.807, 2.05) is 36.4 Å². The molecule has 2 N–H and O–H groups in total. The van der Waals surface area contributed by atoms with Crippen LogP contribution in [0.25, 0.3) is 11.4 Å². The van der Waals surface area contributed by atoms with Crippen molar-refractivity contribution in [1.29, 1.82) is 0 Å². The summed E-state index contributed by atoms with van der Waals surface area (Å²) >= 11 is 1.53. The topological polar surface area (TPSA) is 97.1 Å². The first kappa shape index (κ1) is 20.3. The van der Waals surface area contributed by atoms with Gasteiger partial charge in [0.15, 0.2) is 0 Å². The molecule has 0 aliphatic heterocycles. The smallest absolute Gasteiger partial charge is 0.279 e. The Morgan fingerprint density at radius 2 is 1.90 bits per heavy atom. The molecule has 0 unspecified atom stereocenters. The number of benzene rings is 1. The molecular formula is C22H24N4O3S. The third-order valence-electron chi connectivity index (χ3n) is 5.08. The van der Waals surface area contributed by atoms with Crippen molar-refractivity contribution in [2.75, 3.05) is 0 Å². The van der Waals surface area contributed by atoms with Crippen LogP contribution >= 0.6 is 11.3 Å². The summed E-state index contributed by atoms with van der Waals surface area (Å²) in [4.78, 5) is 30.7. The number of aryl methyl sites for hydroxylation is 3. The normalized spacial score (nSPS) is 13.3. The van der Waals surface area contributed by atoms with Crippen LogP contribution in [-0.2, 0) is 24.1 Å².